The maximum atomic E-state index is 9.80. The van der Waals surface area contributed by atoms with Crippen LogP contribution in [-0.4, -0.2) is 74.9 Å². The minimum absolute atomic E-state index is 0.192. The third-order valence-electron chi connectivity index (χ3n) is 6.44. The van der Waals surface area contributed by atoms with E-state index in [2.05, 4.69) is 55.3 Å². The van der Waals surface area contributed by atoms with Crippen molar-refractivity contribution >= 4 is 28.6 Å². The van der Waals surface area contributed by atoms with Crippen molar-refractivity contribution in [3.63, 3.8) is 0 Å². The Hall–Kier alpha value is -3.19. The molecule has 3 aromatic rings. The monoisotopic (exact) mass is 461 g/mol. The number of H-pyrrole nitrogens is 1. The molecule has 4 N–H and O–H groups in total. The molecule has 0 amide bonds. The molecule has 9 nitrogen and oxygen atoms in total. The normalized spacial score (nSPS) is 21.1. The van der Waals surface area contributed by atoms with Gasteiger partial charge in [0.1, 0.15) is 5.52 Å². The maximum absolute atomic E-state index is 9.80. The second kappa shape index (κ2) is 10.4. The van der Waals surface area contributed by atoms with Gasteiger partial charge in [-0.3, -0.25) is 4.90 Å². The molecule has 1 saturated carbocycles. The molecule has 3 heterocycles. The molecule has 2 aromatic heterocycles. The first-order valence-corrected chi connectivity index (χ1v) is 12.0. The van der Waals surface area contributed by atoms with E-state index >= 15 is 0 Å². The maximum Gasteiger partial charge on any atom is 0.231 e. The molecule has 0 bridgehead atoms. The van der Waals surface area contributed by atoms with E-state index in [4.69, 9.17) is 9.72 Å². The molecule has 2 aliphatic rings. The average Bonchev–Trinajstić information content (AvgIpc) is 3.32. The zero-order chi connectivity index (χ0) is 23.3. The Kier molecular flexibility index (Phi) is 6.90. The Balaban J connectivity index is 1.29. The summed E-state index contributed by atoms with van der Waals surface area (Å²) in [6.07, 6.45) is 4.88. The van der Waals surface area contributed by atoms with Crippen LogP contribution in [0.3, 0.4) is 0 Å². The average molecular weight is 462 g/mol. The fourth-order valence-electron chi connectivity index (χ4n) is 4.42. The molecule has 9 heteroatoms. The lowest BCUT2D eigenvalue weighted by Gasteiger charge is -2.26. The van der Waals surface area contributed by atoms with Crippen molar-refractivity contribution in [2.75, 3.05) is 43.5 Å². The zero-order valence-corrected chi connectivity index (χ0v) is 19.5. The van der Waals surface area contributed by atoms with Crippen LogP contribution in [0.4, 0.5) is 17.5 Å². The Labute approximate surface area is 199 Å². The van der Waals surface area contributed by atoms with Gasteiger partial charge in [-0.25, -0.2) is 4.98 Å². The number of hydrogen-bond donors (Lipinski definition) is 4. The fourth-order valence-corrected chi connectivity index (χ4v) is 4.42. The lowest BCUT2D eigenvalue weighted by Crippen LogP contribution is -2.36. The molecule has 0 spiro atoms. The Morgan fingerprint density at radius 1 is 1.18 bits per heavy atom. The largest absolute Gasteiger partial charge is 0.393 e. The number of anilines is 3. The quantitative estimate of drug-likeness (QED) is 0.429. The van der Waals surface area contributed by atoms with Gasteiger partial charge in [0.25, 0.3) is 0 Å². The lowest BCUT2D eigenvalue weighted by molar-refractivity contribution is 0.0443. The van der Waals surface area contributed by atoms with Crippen molar-refractivity contribution < 1.29 is 9.84 Å². The van der Waals surface area contributed by atoms with Gasteiger partial charge in [-0.2, -0.15) is 9.97 Å². The number of aliphatic hydroxyl groups is 1. The number of aromatic amines is 1. The second-order valence-corrected chi connectivity index (χ2v) is 8.99. The van der Waals surface area contributed by atoms with Gasteiger partial charge in [-0.15, -0.1) is 0 Å². The molecule has 1 aromatic carbocycles. The Morgan fingerprint density at radius 2 is 2.00 bits per heavy atom. The molecule has 0 unspecified atom stereocenters. The highest BCUT2D eigenvalue weighted by Crippen LogP contribution is 2.27. The van der Waals surface area contributed by atoms with Gasteiger partial charge >= 0.3 is 0 Å². The summed E-state index contributed by atoms with van der Waals surface area (Å²) in [7, 11) is 0. The molecule has 1 aliphatic heterocycles. The predicted octanol–water partition coefficient (Wildman–Crippen LogP) is 2.80. The summed E-state index contributed by atoms with van der Waals surface area (Å²) >= 11 is 0. The van der Waals surface area contributed by atoms with Crippen LogP contribution in [0.1, 0.15) is 36.8 Å². The van der Waals surface area contributed by atoms with Crippen molar-refractivity contribution in [2.45, 2.75) is 44.8 Å². The second-order valence-electron chi connectivity index (χ2n) is 8.99. The van der Waals surface area contributed by atoms with Crippen molar-refractivity contribution in [1.29, 1.82) is 0 Å². The molecule has 0 atom stereocenters. The van der Waals surface area contributed by atoms with Crippen LogP contribution in [0.2, 0.25) is 0 Å². The summed E-state index contributed by atoms with van der Waals surface area (Å²) in [6, 6.07) is 6.38. The Bertz CT molecular complexity index is 1180. The predicted molar refractivity (Wildman–Crippen MR) is 132 cm³/mol. The number of imidazole rings is 1. The first-order chi connectivity index (χ1) is 16.6. The fraction of sp³-hybridized carbons (Fsp3) is 0.480. The van der Waals surface area contributed by atoms with Crippen molar-refractivity contribution in [3.8, 4) is 11.8 Å². The molecule has 34 heavy (non-hydrogen) atoms. The van der Waals surface area contributed by atoms with E-state index in [9.17, 15) is 5.11 Å². The van der Waals surface area contributed by atoms with Gasteiger partial charge in [0.05, 0.1) is 32.2 Å². The zero-order valence-electron chi connectivity index (χ0n) is 19.5. The first-order valence-electron chi connectivity index (χ1n) is 12.0. The molecule has 178 valence electrons. The van der Waals surface area contributed by atoms with E-state index in [0.29, 0.717) is 11.6 Å². The summed E-state index contributed by atoms with van der Waals surface area (Å²) in [4.78, 5) is 19.1. The van der Waals surface area contributed by atoms with Crippen LogP contribution in [0.25, 0.3) is 11.2 Å². The van der Waals surface area contributed by atoms with Crippen LogP contribution in [0, 0.1) is 18.8 Å². The van der Waals surface area contributed by atoms with Gasteiger partial charge in [0.15, 0.2) is 11.5 Å². The van der Waals surface area contributed by atoms with Crippen LogP contribution < -0.4 is 10.6 Å². The number of benzene rings is 1. The van der Waals surface area contributed by atoms with Gasteiger partial charge in [0, 0.05) is 30.4 Å². The number of rotatable bonds is 5. The summed E-state index contributed by atoms with van der Waals surface area (Å²) in [5.41, 5.74) is 4.39. The highest BCUT2D eigenvalue weighted by atomic mass is 16.5. The SMILES string of the molecule is Cc1cc(C#CCN2CCOCC2)ccc1Nc1nc(NC2CCC(O)CC2)c2[nH]cnc2n1. The van der Waals surface area contributed by atoms with Gasteiger partial charge in [0.2, 0.25) is 5.95 Å². The first kappa shape index (κ1) is 22.6. The van der Waals surface area contributed by atoms with E-state index in [-0.39, 0.29) is 12.1 Å². The number of morpholine rings is 1. The smallest absolute Gasteiger partial charge is 0.231 e. The van der Waals surface area contributed by atoms with Crippen molar-refractivity contribution in [1.82, 2.24) is 24.8 Å². The summed E-state index contributed by atoms with van der Waals surface area (Å²) in [6.45, 7) is 6.26. The van der Waals surface area contributed by atoms with E-state index in [1.165, 1.54) is 0 Å². The number of fused-ring (bicyclic) bond motifs is 1. The highest BCUT2D eigenvalue weighted by molar-refractivity contribution is 5.84. The van der Waals surface area contributed by atoms with Crippen LogP contribution >= 0.6 is 0 Å². The van der Waals surface area contributed by atoms with Crippen molar-refractivity contribution in [2.24, 2.45) is 0 Å². The van der Waals surface area contributed by atoms with Crippen LogP contribution in [0.15, 0.2) is 24.5 Å². The molecule has 0 radical (unpaired) electrons. The van der Waals surface area contributed by atoms with Gasteiger partial charge < -0.3 is 25.5 Å². The Morgan fingerprint density at radius 3 is 2.79 bits per heavy atom. The van der Waals surface area contributed by atoms with Crippen LogP contribution in [0.5, 0.6) is 0 Å². The number of nitrogens with one attached hydrogen (secondary N) is 3. The third kappa shape index (κ3) is 5.47. The number of aromatic nitrogens is 4. The minimum atomic E-state index is -0.192. The topological polar surface area (TPSA) is 111 Å². The van der Waals surface area contributed by atoms with Gasteiger partial charge in [-0.05, 0) is 56.4 Å². The van der Waals surface area contributed by atoms with Crippen LogP contribution in [-0.2, 0) is 4.74 Å². The number of aryl methyl sites for hydroxylation is 1. The standard InChI is InChI=1S/C25H31N7O2/c1-17-15-18(3-2-10-32-11-13-34-14-12-32)4-9-21(17)29-25-30-23-22(26-16-27-23)24(31-25)28-19-5-7-20(33)8-6-19/h4,9,15-16,19-20,33H,5-8,10-14H2,1H3,(H3,26,27,28,29,30,31). The van der Waals surface area contributed by atoms with E-state index < -0.39 is 0 Å². The van der Waals surface area contributed by atoms with Crippen molar-refractivity contribution in [3.05, 3.63) is 35.7 Å². The molecular formula is C25H31N7O2. The third-order valence-corrected chi connectivity index (χ3v) is 6.44. The number of ether oxygens (including phenoxy) is 1. The number of nitrogens with zero attached hydrogens (tertiary/aromatic N) is 4. The van der Waals surface area contributed by atoms with E-state index in [0.717, 1.165) is 86.7 Å². The molecule has 1 saturated heterocycles. The molecule has 2 fully saturated rings. The van der Waals surface area contributed by atoms with E-state index in [1.54, 1.807) is 6.33 Å². The molecular weight excluding hydrogens is 430 g/mol. The summed E-state index contributed by atoms with van der Waals surface area (Å²) in [5, 5.41) is 16.7. The van der Waals surface area contributed by atoms with E-state index in [1.807, 2.05) is 12.1 Å². The minimum Gasteiger partial charge on any atom is -0.393 e. The van der Waals surface area contributed by atoms with Gasteiger partial charge in [-0.1, -0.05) is 11.8 Å². The lowest BCUT2D eigenvalue weighted by atomic mass is 9.93. The summed E-state index contributed by atoms with van der Waals surface area (Å²) in [5.74, 6) is 7.77. The number of aliphatic hydroxyl groups excluding tert-OH is 1. The highest BCUT2D eigenvalue weighted by Gasteiger charge is 2.21. The summed E-state index contributed by atoms with van der Waals surface area (Å²) < 4.78 is 5.38. The molecule has 5 rings (SSSR count). The molecule has 1 aliphatic carbocycles. The number of hydrogen-bond acceptors (Lipinski definition) is 8.